The number of aliphatic hydroxyl groups is 1. The first-order valence-corrected chi connectivity index (χ1v) is 8.72. The van der Waals surface area contributed by atoms with Crippen LogP contribution in [-0.4, -0.2) is 28.2 Å². The van der Waals surface area contributed by atoms with E-state index in [0.717, 1.165) is 12.1 Å². The molecule has 1 N–H and O–H groups in total. The van der Waals surface area contributed by atoms with Gasteiger partial charge in [-0.25, -0.2) is 9.78 Å². The van der Waals surface area contributed by atoms with Crippen molar-refractivity contribution in [2.75, 3.05) is 0 Å². The first-order valence-electron chi connectivity index (χ1n) is 8.72. The third kappa shape index (κ3) is 4.06. The highest BCUT2D eigenvalue weighted by atomic mass is 19.4. The van der Waals surface area contributed by atoms with Crippen LogP contribution in [0.2, 0.25) is 0 Å². The summed E-state index contributed by atoms with van der Waals surface area (Å²) in [6, 6.07) is 1.35. The van der Waals surface area contributed by atoms with Gasteiger partial charge in [0.2, 0.25) is 0 Å². The summed E-state index contributed by atoms with van der Waals surface area (Å²) in [5.41, 5.74) is -6.35. The number of carbonyl (C=O) groups is 1. The van der Waals surface area contributed by atoms with Crippen LogP contribution in [0, 0.1) is 5.92 Å². The van der Waals surface area contributed by atoms with Gasteiger partial charge in [0.25, 0.3) is 0 Å². The maximum Gasteiger partial charge on any atom is 0.417 e. The minimum atomic E-state index is -5.00. The lowest BCUT2D eigenvalue weighted by Gasteiger charge is -2.48. The Morgan fingerprint density at radius 1 is 1.14 bits per heavy atom. The molecule has 0 aromatic heterocycles. The van der Waals surface area contributed by atoms with Gasteiger partial charge in [0.15, 0.2) is 5.78 Å². The zero-order chi connectivity index (χ0) is 21.8. The molecule has 1 heterocycles. The van der Waals surface area contributed by atoms with Gasteiger partial charge in [0, 0.05) is 12.3 Å². The van der Waals surface area contributed by atoms with Gasteiger partial charge in [0.05, 0.1) is 11.1 Å². The van der Waals surface area contributed by atoms with Crippen molar-refractivity contribution < 1.29 is 46.0 Å². The van der Waals surface area contributed by atoms with E-state index in [9.17, 15) is 36.2 Å². The van der Waals surface area contributed by atoms with Crippen LogP contribution in [0.3, 0.4) is 0 Å². The number of alkyl halides is 6. The third-order valence-corrected chi connectivity index (χ3v) is 5.56. The van der Waals surface area contributed by atoms with E-state index in [4.69, 9.17) is 9.78 Å². The molecule has 2 fully saturated rings. The van der Waals surface area contributed by atoms with Crippen LogP contribution < -0.4 is 0 Å². The number of Topliss-reactive ketones (excluding diaryl/α,β-unsaturated/α-hetero) is 1. The summed E-state index contributed by atoms with van der Waals surface area (Å²) in [7, 11) is 0. The number of ketones is 1. The Morgan fingerprint density at radius 3 is 2.38 bits per heavy atom. The molecule has 3 rings (SSSR count). The lowest BCUT2D eigenvalue weighted by atomic mass is 9.69. The Morgan fingerprint density at radius 2 is 1.79 bits per heavy atom. The van der Waals surface area contributed by atoms with Crippen LogP contribution in [0.15, 0.2) is 24.3 Å². The lowest BCUT2D eigenvalue weighted by molar-refractivity contribution is -0.427. The van der Waals surface area contributed by atoms with Crippen molar-refractivity contribution in [3.63, 3.8) is 0 Å². The molecule has 29 heavy (non-hydrogen) atoms. The van der Waals surface area contributed by atoms with Gasteiger partial charge in [-0.15, -0.1) is 0 Å². The largest absolute Gasteiger partial charge is 0.417 e. The molecule has 2 bridgehead atoms. The fraction of sp³-hybridized carbons (Fsp3) is 0.526. The van der Waals surface area contributed by atoms with Crippen molar-refractivity contribution in [3.05, 3.63) is 41.0 Å². The Bertz CT molecular complexity index is 842. The fourth-order valence-electron chi connectivity index (χ4n) is 3.52. The average molecular weight is 424 g/mol. The predicted octanol–water partition coefficient (Wildman–Crippen LogP) is 4.56. The standard InChI is InChI=1S/C19H18F6O4/c1-16(12-8-14(26)17(2,27)15(9-12)28-29-16)6-5-10-3-4-11(18(20,21)22)7-13(10)19(23,24)25/h3-7,12,15,27H,8-9H2,1-2H3/b6-5-/t12?,15-,16-,17-/m0/s1. The van der Waals surface area contributed by atoms with Crippen LogP contribution in [0.25, 0.3) is 6.08 Å². The normalized spacial score (nSPS) is 33.3. The van der Waals surface area contributed by atoms with Crippen LogP contribution in [-0.2, 0) is 26.9 Å². The van der Waals surface area contributed by atoms with E-state index in [1.54, 1.807) is 0 Å². The molecule has 1 unspecified atom stereocenters. The van der Waals surface area contributed by atoms with Gasteiger partial charge in [-0.2, -0.15) is 26.3 Å². The van der Waals surface area contributed by atoms with Crippen molar-refractivity contribution in [2.45, 2.75) is 56.3 Å². The first kappa shape index (κ1) is 21.8. The van der Waals surface area contributed by atoms with E-state index in [-0.39, 0.29) is 18.9 Å². The van der Waals surface area contributed by atoms with Crippen molar-refractivity contribution in [2.24, 2.45) is 5.92 Å². The van der Waals surface area contributed by atoms with E-state index < -0.39 is 58.1 Å². The van der Waals surface area contributed by atoms with E-state index in [1.165, 1.54) is 19.9 Å². The van der Waals surface area contributed by atoms with E-state index in [2.05, 4.69) is 0 Å². The number of hydrogen-bond donors (Lipinski definition) is 1. The fourth-order valence-corrected chi connectivity index (χ4v) is 3.52. The molecule has 1 aliphatic heterocycles. The summed E-state index contributed by atoms with van der Waals surface area (Å²) in [5, 5.41) is 10.2. The summed E-state index contributed by atoms with van der Waals surface area (Å²) < 4.78 is 78.2. The van der Waals surface area contributed by atoms with Crippen LogP contribution in [0.1, 0.15) is 43.4 Å². The van der Waals surface area contributed by atoms with Crippen LogP contribution in [0.5, 0.6) is 0 Å². The van der Waals surface area contributed by atoms with Gasteiger partial charge < -0.3 is 5.11 Å². The highest BCUT2D eigenvalue weighted by Gasteiger charge is 2.55. The maximum atomic E-state index is 13.3. The molecule has 1 saturated heterocycles. The average Bonchev–Trinajstić information content (AvgIpc) is 2.59. The molecule has 1 aromatic carbocycles. The maximum absolute atomic E-state index is 13.3. The summed E-state index contributed by atoms with van der Waals surface area (Å²) in [6.07, 6.45) is -8.43. The molecule has 1 aromatic rings. The van der Waals surface area contributed by atoms with Gasteiger partial charge in [-0.05, 0) is 44.0 Å². The molecule has 0 radical (unpaired) electrons. The number of hydrogen-bond acceptors (Lipinski definition) is 4. The summed E-state index contributed by atoms with van der Waals surface area (Å²) >= 11 is 0. The van der Waals surface area contributed by atoms with E-state index in [1.807, 2.05) is 0 Å². The SMILES string of the molecule is C[C@]1(O)C(=O)CC2C[C@@H]1OO[C@@]2(C)/C=C\c1ccc(C(F)(F)F)cc1C(F)(F)F. The number of carbonyl (C=O) groups excluding carboxylic acids is 1. The van der Waals surface area contributed by atoms with Crippen molar-refractivity contribution in [1.29, 1.82) is 0 Å². The number of halogens is 6. The highest BCUT2D eigenvalue weighted by Crippen LogP contribution is 2.45. The second-order valence-corrected chi connectivity index (χ2v) is 7.69. The van der Waals surface area contributed by atoms with Gasteiger partial charge in [0.1, 0.15) is 17.3 Å². The molecule has 160 valence electrons. The smallest absolute Gasteiger partial charge is 0.379 e. The molecular weight excluding hydrogens is 406 g/mol. The Balaban J connectivity index is 1.93. The molecule has 4 nitrogen and oxygen atoms in total. The molecular formula is C19H18F6O4. The van der Waals surface area contributed by atoms with Crippen molar-refractivity contribution >= 4 is 11.9 Å². The molecule has 1 saturated carbocycles. The van der Waals surface area contributed by atoms with Crippen molar-refractivity contribution in [1.82, 2.24) is 0 Å². The number of rotatable bonds is 2. The molecule has 10 heteroatoms. The van der Waals surface area contributed by atoms with Gasteiger partial charge >= 0.3 is 12.4 Å². The zero-order valence-electron chi connectivity index (χ0n) is 15.4. The van der Waals surface area contributed by atoms with Crippen molar-refractivity contribution in [3.8, 4) is 0 Å². The predicted molar refractivity (Wildman–Crippen MR) is 88.2 cm³/mol. The van der Waals surface area contributed by atoms with E-state index >= 15 is 0 Å². The van der Waals surface area contributed by atoms with E-state index in [0.29, 0.717) is 6.07 Å². The van der Waals surface area contributed by atoms with Crippen LogP contribution in [0.4, 0.5) is 26.3 Å². The van der Waals surface area contributed by atoms with Gasteiger partial charge in [-0.3, -0.25) is 4.79 Å². The topological polar surface area (TPSA) is 55.8 Å². The summed E-state index contributed by atoms with van der Waals surface area (Å²) in [5.74, 6) is -0.957. The minimum absolute atomic E-state index is 0.0532. The molecule has 1 aliphatic carbocycles. The Hall–Kier alpha value is -1.91. The summed E-state index contributed by atoms with van der Waals surface area (Å²) in [4.78, 5) is 22.5. The Kier molecular flexibility index (Phi) is 5.12. The third-order valence-electron chi connectivity index (χ3n) is 5.56. The first-order chi connectivity index (χ1) is 13.1. The summed E-state index contributed by atoms with van der Waals surface area (Å²) in [6.45, 7) is 2.80. The monoisotopic (exact) mass is 424 g/mol. The molecule has 0 spiro atoms. The Labute approximate surface area is 162 Å². The quantitative estimate of drug-likeness (QED) is 0.559. The molecule has 0 amide bonds. The van der Waals surface area contributed by atoms with Gasteiger partial charge in [-0.1, -0.05) is 12.1 Å². The number of benzene rings is 1. The molecule has 4 atom stereocenters. The second-order valence-electron chi connectivity index (χ2n) is 7.69. The number of fused-ring (bicyclic) bond motifs is 2. The molecule has 2 aliphatic rings. The highest BCUT2D eigenvalue weighted by molar-refractivity contribution is 5.88. The zero-order valence-corrected chi connectivity index (χ0v) is 15.4. The lowest BCUT2D eigenvalue weighted by Crippen LogP contribution is -2.60. The second kappa shape index (κ2) is 6.82. The van der Waals surface area contributed by atoms with Crippen LogP contribution >= 0.6 is 0 Å². The minimum Gasteiger partial charge on any atom is -0.379 e.